The van der Waals surface area contributed by atoms with Crippen molar-refractivity contribution < 1.29 is 4.79 Å². The Morgan fingerprint density at radius 3 is 2.95 bits per heavy atom. The molecule has 2 N–H and O–H groups in total. The SMILES string of the molecule is O=C(CCc1ccccn1)NCCCN1CCNCC1. The standard InChI is InChI=1S/C15H24N4O/c20-15(6-5-14-4-1-2-7-17-14)18-8-3-11-19-12-9-16-10-13-19/h1-2,4,7,16H,3,5-6,8-13H2,(H,18,20). The summed E-state index contributed by atoms with van der Waals surface area (Å²) in [6.07, 6.45) is 4.02. The van der Waals surface area contributed by atoms with Gasteiger partial charge >= 0.3 is 0 Å². The summed E-state index contributed by atoms with van der Waals surface area (Å²) in [4.78, 5) is 18.4. The van der Waals surface area contributed by atoms with Gasteiger partial charge in [0.15, 0.2) is 0 Å². The van der Waals surface area contributed by atoms with Gasteiger partial charge in [-0.1, -0.05) is 6.07 Å². The lowest BCUT2D eigenvalue weighted by atomic mass is 10.2. The first-order valence-corrected chi connectivity index (χ1v) is 7.44. The number of rotatable bonds is 7. The Hall–Kier alpha value is -1.46. The number of nitrogens with one attached hydrogen (secondary N) is 2. The Kier molecular flexibility index (Phi) is 6.47. The van der Waals surface area contributed by atoms with Gasteiger partial charge in [0, 0.05) is 51.0 Å². The van der Waals surface area contributed by atoms with Gasteiger partial charge in [-0.05, 0) is 31.5 Å². The molecule has 0 saturated carbocycles. The van der Waals surface area contributed by atoms with E-state index in [-0.39, 0.29) is 5.91 Å². The second-order valence-electron chi connectivity index (χ2n) is 5.12. The summed E-state index contributed by atoms with van der Waals surface area (Å²) in [5, 5.41) is 6.32. The number of piperazine rings is 1. The predicted octanol–water partition coefficient (Wildman–Crippen LogP) is 0.426. The monoisotopic (exact) mass is 276 g/mol. The zero-order chi connectivity index (χ0) is 14.0. The second kappa shape index (κ2) is 8.66. The summed E-state index contributed by atoms with van der Waals surface area (Å²) in [6, 6.07) is 5.80. The molecule has 0 atom stereocenters. The van der Waals surface area contributed by atoms with E-state index in [1.54, 1.807) is 6.20 Å². The van der Waals surface area contributed by atoms with Gasteiger partial charge in [0.25, 0.3) is 0 Å². The van der Waals surface area contributed by atoms with Gasteiger partial charge < -0.3 is 15.5 Å². The minimum Gasteiger partial charge on any atom is -0.356 e. The van der Waals surface area contributed by atoms with Crippen LogP contribution in [0.5, 0.6) is 0 Å². The van der Waals surface area contributed by atoms with E-state index in [9.17, 15) is 4.79 Å². The van der Waals surface area contributed by atoms with Crippen molar-refractivity contribution in [2.24, 2.45) is 0 Å². The summed E-state index contributed by atoms with van der Waals surface area (Å²) in [5.74, 6) is 0.121. The van der Waals surface area contributed by atoms with Crippen molar-refractivity contribution in [1.82, 2.24) is 20.5 Å². The normalized spacial score (nSPS) is 16.0. The van der Waals surface area contributed by atoms with Gasteiger partial charge in [0.1, 0.15) is 0 Å². The fourth-order valence-electron chi connectivity index (χ4n) is 2.34. The first-order chi connectivity index (χ1) is 9.84. The van der Waals surface area contributed by atoms with Crippen molar-refractivity contribution in [3.8, 4) is 0 Å². The van der Waals surface area contributed by atoms with Crippen LogP contribution in [0.4, 0.5) is 0 Å². The van der Waals surface area contributed by atoms with Gasteiger partial charge in [0.2, 0.25) is 5.91 Å². The van der Waals surface area contributed by atoms with Crippen LogP contribution in [0.3, 0.4) is 0 Å². The van der Waals surface area contributed by atoms with Crippen molar-refractivity contribution in [3.05, 3.63) is 30.1 Å². The van der Waals surface area contributed by atoms with Crippen LogP contribution in [-0.2, 0) is 11.2 Å². The minimum atomic E-state index is 0.121. The fourth-order valence-corrected chi connectivity index (χ4v) is 2.34. The zero-order valence-corrected chi connectivity index (χ0v) is 12.0. The molecule has 1 aliphatic heterocycles. The molecule has 0 spiro atoms. The molecule has 110 valence electrons. The molecule has 0 unspecified atom stereocenters. The predicted molar refractivity (Wildman–Crippen MR) is 79.5 cm³/mol. The van der Waals surface area contributed by atoms with Crippen molar-refractivity contribution in [2.45, 2.75) is 19.3 Å². The topological polar surface area (TPSA) is 57.3 Å². The van der Waals surface area contributed by atoms with Crippen LogP contribution in [0.2, 0.25) is 0 Å². The number of amides is 1. The van der Waals surface area contributed by atoms with Crippen molar-refractivity contribution in [2.75, 3.05) is 39.3 Å². The lowest BCUT2D eigenvalue weighted by molar-refractivity contribution is -0.121. The van der Waals surface area contributed by atoms with Crippen molar-refractivity contribution in [1.29, 1.82) is 0 Å². The number of aryl methyl sites for hydroxylation is 1. The number of nitrogens with zero attached hydrogens (tertiary/aromatic N) is 2. The van der Waals surface area contributed by atoms with E-state index in [4.69, 9.17) is 0 Å². The molecule has 1 saturated heterocycles. The van der Waals surface area contributed by atoms with Gasteiger partial charge in [-0.2, -0.15) is 0 Å². The smallest absolute Gasteiger partial charge is 0.220 e. The van der Waals surface area contributed by atoms with Crippen LogP contribution in [0, 0.1) is 0 Å². The Morgan fingerprint density at radius 1 is 1.35 bits per heavy atom. The molecule has 5 nitrogen and oxygen atoms in total. The first-order valence-electron chi connectivity index (χ1n) is 7.44. The van der Waals surface area contributed by atoms with Crippen LogP contribution < -0.4 is 10.6 Å². The number of hydrogen-bond donors (Lipinski definition) is 2. The third kappa shape index (κ3) is 5.67. The fraction of sp³-hybridized carbons (Fsp3) is 0.600. The van der Waals surface area contributed by atoms with Gasteiger partial charge in [-0.3, -0.25) is 9.78 Å². The van der Waals surface area contributed by atoms with E-state index in [2.05, 4.69) is 20.5 Å². The average Bonchev–Trinajstić information content (AvgIpc) is 2.52. The molecule has 0 radical (unpaired) electrons. The molecule has 20 heavy (non-hydrogen) atoms. The van der Waals surface area contributed by atoms with Gasteiger partial charge in [0.05, 0.1) is 0 Å². The van der Waals surface area contributed by atoms with E-state index in [0.29, 0.717) is 12.8 Å². The number of carbonyl (C=O) groups is 1. The number of aromatic nitrogens is 1. The summed E-state index contributed by atoms with van der Waals surface area (Å²) < 4.78 is 0. The summed E-state index contributed by atoms with van der Waals surface area (Å²) in [6.45, 7) is 6.24. The maximum absolute atomic E-state index is 11.7. The van der Waals surface area contributed by atoms with Crippen LogP contribution in [0.25, 0.3) is 0 Å². The Bertz CT molecular complexity index is 390. The molecular formula is C15H24N4O. The Morgan fingerprint density at radius 2 is 2.20 bits per heavy atom. The lowest BCUT2D eigenvalue weighted by Crippen LogP contribution is -2.44. The molecule has 0 aromatic carbocycles. The molecule has 0 aliphatic carbocycles. The third-order valence-electron chi connectivity index (χ3n) is 3.52. The highest BCUT2D eigenvalue weighted by molar-refractivity contribution is 5.76. The highest BCUT2D eigenvalue weighted by Crippen LogP contribution is 1.98. The molecule has 1 aromatic rings. The molecule has 1 aliphatic rings. The van der Waals surface area contributed by atoms with E-state index < -0.39 is 0 Å². The maximum atomic E-state index is 11.7. The highest BCUT2D eigenvalue weighted by atomic mass is 16.1. The quantitative estimate of drug-likeness (QED) is 0.709. The van der Waals surface area contributed by atoms with Gasteiger partial charge in [-0.15, -0.1) is 0 Å². The van der Waals surface area contributed by atoms with Crippen molar-refractivity contribution >= 4 is 5.91 Å². The van der Waals surface area contributed by atoms with E-state index >= 15 is 0 Å². The molecule has 1 fully saturated rings. The molecule has 0 bridgehead atoms. The molecule has 1 aromatic heterocycles. The van der Waals surface area contributed by atoms with Crippen LogP contribution in [-0.4, -0.2) is 55.1 Å². The molecular weight excluding hydrogens is 252 g/mol. The van der Waals surface area contributed by atoms with Gasteiger partial charge in [-0.25, -0.2) is 0 Å². The maximum Gasteiger partial charge on any atom is 0.220 e. The molecule has 2 heterocycles. The summed E-state index contributed by atoms with van der Waals surface area (Å²) in [5.41, 5.74) is 0.975. The number of hydrogen-bond acceptors (Lipinski definition) is 4. The van der Waals surface area contributed by atoms with E-state index in [0.717, 1.165) is 51.4 Å². The Balaban J connectivity index is 1.51. The second-order valence-corrected chi connectivity index (χ2v) is 5.12. The lowest BCUT2D eigenvalue weighted by Gasteiger charge is -2.27. The third-order valence-corrected chi connectivity index (χ3v) is 3.52. The number of carbonyl (C=O) groups excluding carboxylic acids is 1. The average molecular weight is 276 g/mol. The van der Waals surface area contributed by atoms with Crippen LogP contribution in [0.15, 0.2) is 24.4 Å². The zero-order valence-electron chi connectivity index (χ0n) is 12.0. The minimum absolute atomic E-state index is 0.121. The number of pyridine rings is 1. The molecule has 2 rings (SSSR count). The largest absolute Gasteiger partial charge is 0.356 e. The summed E-state index contributed by atoms with van der Waals surface area (Å²) in [7, 11) is 0. The highest BCUT2D eigenvalue weighted by Gasteiger charge is 2.08. The van der Waals surface area contributed by atoms with E-state index in [1.165, 1.54) is 0 Å². The van der Waals surface area contributed by atoms with Crippen LogP contribution >= 0.6 is 0 Å². The molecule has 1 amide bonds. The van der Waals surface area contributed by atoms with Crippen LogP contribution in [0.1, 0.15) is 18.5 Å². The molecule has 5 heteroatoms. The summed E-state index contributed by atoms with van der Waals surface area (Å²) >= 11 is 0. The van der Waals surface area contributed by atoms with Crippen molar-refractivity contribution in [3.63, 3.8) is 0 Å². The first kappa shape index (κ1) is 14.9. The van der Waals surface area contributed by atoms with E-state index in [1.807, 2.05) is 18.2 Å². The Labute approximate surface area is 120 Å².